The fourth-order valence-electron chi connectivity index (χ4n) is 0.994. The van der Waals surface area contributed by atoms with Gasteiger partial charge in [0, 0.05) is 6.42 Å². The summed E-state index contributed by atoms with van der Waals surface area (Å²) >= 11 is 0. The van der Waals surface area contributed by atoms with Crippen LogP contribution in [0.2, 0.25) is 0 Å². The van der Waals surface area contributed by atoms with Crippen molar-refractivity contribution in [3.05, 3.63) is 0 Å². The number of carbonyl (C=O) groups excluding carboxylic acids is 1. The van der Waals surface area contributed by atoms with Crippen LogP contribution in [-0.4, -0.2) is 34.9 Å². The molecule has 0 saturated carbocycles. The van der Waals surface area contributed by atoms with Gasteiger partial charge in [-0.25, -0.2) is 4.79 Å². The van der Waals surface area contributed by atoms with E-state index in [0.29, 0.717) is 0 Å². The van der Waals surface area contributed by atoms with Gasteiger partial charge in [-0.2, -0.15) is 23.4 Å². The Kier molecular flexibility index (Phi) is 2.89. The molecule has 1 rings (SSSR count). The first kappa shape index (κ1) is 12.4. The maximum absolute atomic E-state index is 11.9. The van der Waals surface area contributed by atoms with Crippen LogP contribution in [0.15, 0.2) is 10.2 Å². The van der Waals surface area contributed by atoms with E-state index >= 15 is 0 Å². The van der Waals surface area contributed by atoms with Crippen molar-refractivity contribution in [2.45, 2.75) is 31.2 Å². The third-order valence-electron chi connectivity index (χ3n) is 1.89. The second-order valence-electron chi connectivity index (χ2n) is 3.48. The Balaban J connectivity index is 2.58. The molecule has 0 fully saturated rings. The maximum atomic E-state index is 11.9. The van der Waals surface area contributed by atoms with Crippen LogP contribution in [0.4, 0.5) is 13.2 Å². The van der Waals surface area contributed by atoms with E-state index in [1.54, 1.807) is 0 Å². The van der Waals surface area contributed by atoms with Gasteiger partial charge in [0.05, 0.1) is 0 Å². The first-order valence-corrected chi connectivity index (χ1v) is 4.19. The van der Waals surface area contributed by atoms with Crippen LogP contribution in [0.3, 0.4) is 0 Å². The SMILES string of the molecule is CC1(C[C@@H](NC(=O)C(F)(F)F)C(=O)O)N=N1. The fraction of sp³-hybridized carbons (Fsp3) is 0.714. The molecule has 0 bridgehead atoms. The molecule has 1 aliphatic heterocycles. The monoisotopic (exact) mass is 239 g/mol. The van der Waals surface area contributed by atoms with Gasteiger partial charge in [-0.3, -0.25) is 4.79 Å². The Bertz CT molecular complexity index is 347. The van der Waals surface area contributed by atoms with Gasteiger partial charge in [-0.05, 0) is 6.92 Å². The molecule has 0 radical (unpaired) electrons. The molecular weight excluding hydrogens is 231 g/mol. The van der Waals surface area contributed by atoms with Crippen LogP contribution < -0.4 is 5.32 Å². The molecule has 0 aromatic rings. The van der Waals surface area contributed by atoms with Gasteiger partial charge in [0.25, 0.3) is 0 Å². The average molecular weight is 239 g/mol. The third kappa shape index (κ3) is 3.17. The summed E-state index contributed by atoms with van der Waals surface area (Å²) < 4.78 is 35.6. The molecule has 0 aromatic carbocycles. The zero-order chi connectivity index (χ0) is 12.6. The zero-order valence-electron chi connectivity index (χ0n) is 8.08. The van der Waals surface area contributed by atoms with Crippen molar-refractivity contribution in [2.75, 3.05) is 0 Å². The largest absolute Gasteiger partial charge is 0.480 e. The second-order valence-corrected chi connectivity index (χ2v) is 3.48. The van der Waals surface area contributed by atoms with E-state index in [4.69, 9.17) is 5.11 Å². The van der Waals surface area contributed by atoms with Crippen molar-refractivity contribution < 1.29 is 27.9 Å². The number of carboxylic acids is 1. The molecule has 0 spiro atoms. The predicted molar refractivity (Wildman–Crippen MR) is 43.5 cm³/mol. The van der Waals surface area contributed by atoms with Gasteiger partial charge in [0.15, 0.2) is 5.66 Å². The van der Waals surface area contributed by atoms with E-state index in [2.05, 4.69) is 10.2 Å². The van der Waals surface area contributed by atoms with E-state index in [1.165, 1.54) is 12.2 Å². The molecule has 0 unspecified atom stereocenters. The molecule has 9 heteroatoms. The zero-order valence-corrected chi connectivity index (χ0v) is 8.08. The van der Waals surface area contributed by atoms with Crippen molar-refractivity contribution in [2.24, 2.45) is 10.2 Å². The Labute approximate surface area is 87.5 Å². The van der Waals surface area contributed by atoms with Crippen LogP contribution in [-0.2, 0) is 9.59 Å². The fourth-order valence-corrected chi connectivity index (χ4v) is 0.994. The van der Waals surface area contributed by atoms with Gasteiger partial charge in [0.2, 0.25) is 0 Å². The molecule has 0 aromatic heterocycles. The minimum Gasteiger partial charge on any atom is -0.480 e. The summed E-state index contributed by atoms with van der Waals surface area (Å²) in [6.07, 6.45) is -5.41. The van der Waals surface area contributed by atoms with Crippen molar-refractivity contribution in [3.63, 3.8) is 0 Å². The molecule has 6 nitrogen and oxygen atoms in total. The predicted octanol–water partition coefficient (Wildman–Crippen LogP) is 0.690. The molecule has 1 aliphatic rings. The summed E-state index contributed by atoms with van der Waals surface area (Å²) in [6.45, 7) is 1.45. The number of nitrogens with one attached hydrogen (secondary N) is 1. The average Bonchev–Trinajstić information content (AvgIpc) is 2.80. The first-order chi connectivity index (χ1) is 7.14. The number of nitrogens with zero attached hydrogens (tertiary/aromatic N) is 2. The number of hydrogen-bond acceptors (Lipinski definition) is 4. The summed E-state index contributed by atoms with van der Waals surface area (Å²) in [4.78, 5) is 21.1. The van der Waals surface area contributed by atoms with Gasteiger partial charge in [0.1, 0.15) is 6.04 Å². The van der Waals surface area contributed by atoms with Crippen LogP contribution in [0.25, 0.3) is 0 Å². The smallest absolute Gasteiger partial charge is 0.471 e. The summed E-state index contributed by atoms with van der Waals surface area (Å²) in [5.41, 5.74) is -0.998. The van der Waals surface area contributed by atoms with Crippen molar-refractivity contribution >= 4 is 11.9 Å². The lowest BCUT2D eigenvalue weighted by atomic mass is 10.1. The molecule has 1 amide bonds. The van der Waals surface area contributed by atoms with Crippen molar-refractivity contribution in [1.29, 1.82) is 0 Å². The van der Waals surface area contributed by atoms with E-state index in [1.807, 2.05) is 0 Å². The number of carboxylic acid groups (broad SMARTS) is 1. The van der Waals surface area contributed by atoms with Crippen LogP contribution >= 0.6 is 0 Å². The Hall–Kier alpha value is -1.67. The maximum Gasteiger partial charge on any atom is 0.471 e. The molecule has 90 valence electrons. The highest BCUT2D eigenvalue weighted by Gasteiger charge is 2.44. The van der Waals surface area contributed by atoms with Gasteiger partial charge in [-0.1, -0.05) is 0 Å². The minimum absolute atomic E-state index is 0.301. The highest BCUT2D eigenvalue weighted by Crippen LogP contribution is 2.32. The van der Waals surface area contributed by atoms with Gasteiger partial charge in [-0.15, -0.1) is 0 Å². The van der Waals surface area contributed by atoms with Crippen LogP contribution in [0, 0.1) is 0 Å². The quantitative estimate of drug-likeness (QED) is 0.756. The summed E-state index contributed by atoms with van der Waals surface area (Å²) in [6, 6.07) is -1.66. The number of alkyl halides is 3. The molecular formula is C7H8F3N3O3. The summed E-state index contributed by atoms with van der Waals surface area (Å²) in [5.74, 6) is -3.85. The molecule has 1 heterocycles. The second kappa shape index (κ2) is 3.72. The Morgan fingerprint density at radius 2 is 1.94 bits per heavy atom. The Morgan fingerprint density at radius 3 is 2.25 bits per heavy atom. The molecule has 16 heavy (non-hydrogen) atoms. The van der Waals surface area contributed by atoms with Gasteiger partial charge >= 0.3 is 18.1 Å². The molecule has 0 saturated heterocycles. The Morgan fingerprint density at radius 1 is 1.44 bits per heavy atom. The number of amides is 1. The van der Waals surface area contributed by atoms with Crippen molar-refractivity contribution in [1.82, 2.24) is 5.32 Å². The highest BCUT2D eigenvalue weighted by molar-refractivity contribution is 5.86. The summed E-state index contributed by atoms with van der Waals surface area (Å²) in [7, 11) is 0. The van der Waals surface area contributed by atoms with E-state index in [0.717, 1.165) is 0 Å². The highest BCUT2D eigenvalue weighted by atomic mass is 19.4. The van der Waals surface area contributed by atoms with Crippen LogP contribution in [0.5, 0.6) is 0 Å². The lowest BCUT2D eigenvalue weighted by Gasteiger charge is -2.16. The van der Waals surface area contributed by atoms with E-state index in [-0.39, 0.29) is 6.42 Å². The molecule has 1 atom stereocenters. The van der Waals surface area contributed by atoms with Crippen LogP contribution in [0.1, 0.15) is 13.3 Å². The molecule has 2 N–H and O–H groups in total. The summed E-state index contributed by atoms with van der Waals surface area (Å²) in [5, 5.41) is 16.9. The number of hydrogen-bond donors (Lipinski definition) is 2. The number of carbonyl (C=O) groups is 2. The van der Waals surface area contributed by atoms with E-state index < -0.39 is 29.8 Å². The number of halogens is 3. The lowest BCUT2D eigenvalue weighted by Crippen LogP contribution is -2.48. The van der Waals surface area contributed by atoms with Crippen molar-refractivity contribution in [3.8, 4) is 0 Å². The third-order valence-corrected chi connectivity index (χ3v) is 1.89. The minimum atomic E-state index is -5.10. The first-order valence-electron chi connectivity index (χ1n) is 4.19. The van der Waals surface area contributed by atoms with E-state index in [9.17, 15) is 22.8 Å². The standard InChI is InChI=1S/C7H8F3N3O3/c1-6(12-13-6)2-3(4(14)15)11-5(16)7(8,9)10/h3H,2H2,1H3,(H,11,16)(H,14,15)/t3-/m1/s1. The van der Waals surface area contributed by atoms with Gasteiger partial charge < -0.3 is 10.4 Å². The lowest BCUT2D eigenvalue weighted by molar-refractivity contribution is -0.175. The number of aliphatic carboxylic acids is 1. The normalized spacial score (nSPS) is 19.0. The topological polar surface area (TPSA) is 91.1 Å². The number of rotatable bonds is 4. The molecule has 0 aliphatic carbocycles.